The first-order chi connectivity index (χ1) is 11.2. The maximum atomic E-state index is 12.0. The summed E-state index contributed by atoms with van der Waals surface area (Å²) < 4.78 is 1.71. The van der Waals surface area contributed by atoms with Crippen molar-refractivity contribution < 1.29 is 4.79 Å². The lowest BCUT2D eigenvalue weighted by Crippen LogP contribution is -2.13. The van der Waals surface area contributed by atoms with Gasteiger partial charge in [0.25, 0.3) is 0 Å². The van der Waals surface area contributed by atoms with Gasteiger partial charge in [-0.1, -0.05) is 29.8 Å². The molecule has 0 aliphatic heterocycles. The first kappa shape index (κ1) is 15.5. The summed E-state index contributed by atoms with van der Waals surface area (Å²) in [6.07, 6.45) is 4.94. The second-order valence-electron chi connectivity index (χ2n) is 4.84. The van der Waals surface area contributed by atoms with Crippen LogP contribution in [0.4, 0.5) is 5.82 Å². The number of rotatable bonds is 5. The normalized spacial score (nSPS) is 11.0. The number of thiophene rings is 1. The molecule has 3 rings (SSSR count). The van der Waals surface area contributed by atoms with Gasteiger partial charge < -0.3 is 5.32 Å². The number of carbonyl (C=O) groups is 1. The van der Waals surface area contributed by atoms with Crippen molar-refractivity contribution in [1.82, 2.24) is 9.78 Å². The molecule has 2 heterocycles. The van der Waals surface area contributed by atoms with E-state index in [0.717, 1.165) is 11.1 Å². The fourth-order valence-electron chi connectivity index (χ4n) is 2.06. The molecule has 0 bridgehead atoms. The minimum absolute atomic E-state index is 0.197. The smallest absolute Gasteiger partial charge is 0.249 e. The predicted octanol–water partition coefficient (Wildman–Crippen LogP) is 4.30. The minimum atomic E-state index is -0.197. The summed E-state index contributed by atoms with van der Waals surface area (Å²) in [6, 6.07) is 11.3. The standard InChI is InChI=1S/C17H14ClN3OS/c18-15-4-2-1-3-14(15)11-21-16(7-9-19-21)20-17(22)6-5-13-8-10-23-12-13/h1-10,12H,11H2,(H,20,22)/b6-5+. The van der Waals surface area contributed by atoms with E-state index in [0.29, 0.717) is 17.4 Å². The molecule has 116 valence electrons. The third kappa shape index (κ3) is 4.09. The molecule has 0 saturated carbocycles. The van der Waals surface area contributed by atoms with Crippen LogP contribution in [0.15, 0.2) is 59.4 Å². The van der Waals surface area contributed by atoms with E-state index in [1.54, 1.807) is 34.4 Å². The lowest BCUT2D eigenvalue weighted by atomic mass is 10.2. The van der Waals surface area contributed by atoms with E-state index in [-0.39, 0.29) is 5.91 Å². The zero-order chi connectivity index (χ0) is 16.1. The molecule has 2 aromatic heterocycles. The number of aromatic nitrogens is 2. The van der Waals surface area contributed by atoms with Gasteiger partial charge in [-0.25, -0.2) is 4.68 Å². The molecular formula is C17H14ClN3OS. The van der Waals surface area contributed by atoms with Crippen LogP contribution in [0.25, 0.3) is 6.08 Å². The Hall–Kier alpha value is -2.37. The van der Waals surface area contributed by atoms with Gasteiger partial charge in [0.2, 0.25) is 5.91 Å². The van der Waals surface area contributed by atoms with Gasteiger partial charge in [-0.15, -0.1) is 0 Å². The Balaban J connectivity index is 1.69. The Morgan fingerprint density at radius 1 is 1.30 bits per heavy atom. The molecular weight excluding hydrogens is 330 g/mol. The number of amides is 1. The van der Waals surface area contributed by atoms with Crippen LogP contribution < -0.4 is 5.32 Å². The topological polar surface area (TPSA) is 46.9 Å². The van der Waals surface area contributed by atoms with Crippen molar-refractivity contribution in [2.75, 3.05) is 5.32 Å². The number of benzene rings is 1. The fraction of sp³-hybridized carbons (Fsp3) is 0.0588. The van der Waals surface area contributed by atoms with E-state index in [9.17, 15) is 4.79 Å². The maximum Gasteiger partial charge on any atom is 0.249 e. The van der Waals surface area contributed by atoms with Gasteiger partial charge in [0.1, 0.15) is 5.82 Å². The number of anilines is 1. The van der Waals surface area contributed by atoms with Crippen molar-refractivity contribution in [3.05, 3.63) is 75.6 Å². The lowest BCUT2D eigenvalue weighted by molar-refractivity contribution is -0.111. The van der Waals surface area contributed by atoms with E-state index in [1.807, 2.05) is 41.1 Å². The molecule has 0 radical (unpaired) electrons. The molecule has 0 unspecified atom stereocenters. The number of nitrogens with zero attached hydrogens (tertiary/aromatic N) is 2. The Morgan fingerprint density at radius 2 is 2.17 bits per heavy atom. The molecule has 1 amide bonds. The molecule has 0 fully saturated rings. The van der Waals surface area contributed by atoms with Crippen LogP contribution in [0.1, 0.15) is 11.1 Å². The first-order valence-electron chi connectivity index (χ1n) is 6.99. The number of carbonyl (C=O) groups excluding carboxylic acids is 1. The summed E-state index contributed by atoms with van der Waals surface area (Å²) in [6.45, 7) is 0.497. The highest BCUT2D eigenvalue weighted by molar-refractivity contribution is 7.08. The van der Waals surface area contributed by atoms with Crippen molar-refractivity contribution in [3.8, 4) is 0 Å². The average molecular weight is 344 g/mol. The van der Waals surface area contributed by atoms with Gasteiger partial charge >= 0.3 is 0 Å². The molecule has 0 aliphatic rings. The highest BCUT2D eigenvalue weighted by Gasteiger charge is 2.07. The van der Waals surface area contributed by atoms with Crippen molar-refractivity contribution >= 4 is 40.7 Å². The monoisotopic (exact) mass is 343 g/mol. The Labute approximate surface area is 143 Å². The van der Waals surface area contributed by atoms with Crippen LogP contribution in [0.2, 0.25) is 5.02 Å². The number of nitrogens with one attached hydrogen (secondary N) is 1. The summed E-state index contributed by atoms with van der Waals surface area (Å²) in [4.78, 5) is 12.0. The van der Waals surface area contributed by atoms with E-state index in [4.69, 9.17) is 11.6 Å². The quantitative estimate of drug-likeness (QED) is 0.702. The first-order valence-corrected chi connectivity index (χ1v) is 8.31. The van der Waals surface area contributed by atoms with Crippen LogP contribution >= 0.6 is 22.9 Å². The fourth-order valence-corrected chi connectivity index (χ4v) is 2.89. The minimum Gasteiger partial charge on any atom is -0.307 e. The van der Waals surface area contributed by atoms with Crippen molar-refractivity contribution in [2.24, 2.45) is 0 Å². The molecule has 1 N–H and O–H groups in total. The van der Waals surface area contributed by atoms with E-state index in [2.05, 4.69) is 10.4 Å². The molecule has 0 aliphatic carbocycles. The second kappa shape index (κ2) is 7.26. The summed E-state index contributed by atoms with van der Waals surface area (Å²) in [5.74, 6) is 0.432. The summed E-state index contributed by atoms with van der Waals surface area (Å²) in [5, 5.41) is 11.7. The summed E-state index contributed by atoms with van der Waals surface area (Å²) >= 11 is 7.76. The van der Waals surface area contributed by atoms with Gasteiger partial charge in [0, 0.05) is 17.2 Å². The molecule has 6 heteroatoms. The van der Waals surface area contributed by atoms with Gasteiger partial charge in [0.15, 0.2) is 0 Å². The third-order valence-corrected chi connectivity index (χ3v) is 4.29. The third-order valence-electron chi connectivity index (χ3n) is 3.22. The van der Waals surface area contributed by atoms with Gasteiger partial charge in [-0.3, -0.25) is 4.79 Å². The largest absolute Gasteiger partial charge is 0.307 e. The van der Waals surface area contributed by atoms with E-state index < -0.39 is 0 Å². The molecule has 3 aromatic rings. The van der Waals surface area contributed by atoms with Crippen molar-refractivity contribution in [3.63, 3.8) is 0 Å². The van der Waals surface area contributed by atoms with Crippen molar-refractivity contribution in [2.45, 2.75) is 6.54 Å². The molecule has 0 saturated heterocycles. The van der Waals surface area contributed by atoms with E-state index >= 15 is 0 Å². The number of hydrogen-bond donors (Lipinski definition) is 1. The highest BCUT2D eigenvalue weighted by atomic mass is 35.5. The van der Waals surface area contributed by atoms with Crippen LogP contribution in [-0.4, -0.2) is 15.7 Å². The van der Waals surface area contributed by atoms with Gasteiger partial charge in [0.05, 0.1) is 12.7 Å². The zero-order valence-corrected chi connectivity index (χ0v) is 13.7. The van der Waals surface area contributed by atoms with Crippen LogP contribution in [0, 0.1) is 0 Å². The molecule has 0 spiro atoms. The highest BCUT2D eigenvalue weighted by Crippen LogP contribution is 2.18. The number of hydrogen-bond acceptors (Lipinski definition) is 3. The Morgan fingerprint density at radius 3 is 2.96 bits per heavy atom. The summed E-state index contributed by atoms with van der Waals surface area (Å²) in [5.41, 5.74) is 1.96. The van der Waals surface area contributed by atoms with Gasteiger partial charge in [-0.05, 0) is 40.1 Å². The van der Waals surface area contributed by atoms with Crippen LogP contribution in [0.3, 0.4) is 0 Å². The van der Waals surface area contributed by atoms with E-state index in [1.165, 1.54) is 6.08 Å². The lowest BCUT2D eigenvalue weighted by Gasteiger charge is -2.09. The SMILES string of the molecule is O=C(/C=C/c1ccsc1)Nc1ccnn1Cc1ccccc1Cl. The predicted molar refractivity (Wildman–Crippen MR) is 94.8 cm³/mol. The average Bonchev–Trinajstić information content (AvgIpc) is 3.20. The molecule has 0 atom stereocenters. The van der Waals surface area contributed by atoms with Crippen molar-refractivity contribution in [1.29, 1.82) is 0 Å². The van der Waals surface area contributed by atoms with Gasteiger partial charge in [-0.2, -0.15) is 16.4 Å². The Kier molecular flexibility index (Phi) is 4.90. The molecule has 4 nitrogen and oxygen atoms in total. The maximum absolute atomic E-state index is 12.0. The second-order valence-corrected chi connectivity index (χ2v) is 6.03. The Bertz CT molecular complexity index is 824. The molecule has 23 heavy (non-hydrogen) atoms. The van der Waals surface area contributed by atoms with Crippen LogP contribution in [0.5, 0.6) is 0 Å². The number of halogens is 1. The zero-order valence-electron chi connectivity index (χ0n) is 12.1. The molecule has 1 aromatic carbocycles. The van der Waals surface area contributed by atoms with Crippen LogP contribution in [-0.2, 0) is 11.3 Å². The summed E-state index contributed by atoms with van der Waals surface area (Å²) in [7, 11) is 0.